The second kappa shape index (κ2) is 9.53. The number of rotatable bonds is 8. The molecule has 2 amide bonds. The third kappa shape index (κ3) is 5.86. The van der Waals surface area contributed by atoms with Gasteiger partial charge in [-0.25, -0.2) is 0 Å². The number of halogens is 1. The molecule has 0 saturated carbocycles. The summed E-state index contributed by atoms with van der Waals surface area (Å²) < 4.78 is 15.6. The first-order valence-electron chi connectivity index (χ1n) is 7.68. The number of carbonyl (C=O) groups excluding carboxylic acids is 2. The zero-order chi connectivity index (χ0) is 18.9. The molecular formula is C18H19ClN2O5. The topological polar surface area (TPSA) is 85.9 Å². The maximum atomic E-state index is 11.9. The van der Waals surface area contributed by atoms with Gasteiger partial charge in [-0.15, -0.1) is 0 Å². The van der Waals surface area contributed by atoms with Gasteiger partial charge in [-0.2, -0.15) is 0 Å². The minimum absolute atomic E-state index is 0.183. The van der Waals surface area contributed by atoms with Gasteiger partial charge in [0.05, 0.1) is 20.8 Å². The highest BCUT2D eigenvalue weighted by Crippen LogP contribution is 2.29. The number of hydrogen-bond acceptors (Lipinski definition) is 5. The maximum Gasteiger partial charge on any atom is 0.258 e. The quantitative estimate of drug-likeness (QED) is 0.737. The van der Waals surface area contributed by atoms with Crippen molar-refractivity contribution in [1.82, 2.24) is 5.32 Å². The molecule has 0 aromatic heterocycles. The third-order valence-corrected chi connectivity index (χ3v) is 3.55. The molecule has 138 valence electrons. The molecule has 26 heavy (non-hydrogen) atoms. The third-order valence-electron chi connectivity index (χ3n) is 3.30. The van der Waals surface area contributed by atoms with E-state index < -0.39 is 5.91 Å². The normalized spacial score (nSPS) is 9.96. The molecule has 2 rings (SSSR count). The monoisotopic (exact) mass is 378 g/mol. The molecule has 0 aliphatic carbocycles. The molecule has 0 aliphatic heterocycles. The summed E-state index contributed by atoms with van der Waals surface area (Å²) in [6.07, 6.45) is 0. The molecule has 0 radical (unpaired) electrons. The molecule has 7 nitrogen and oxygen atoms in total. The zero-order valence-corrected chi connectivity index (χ0v) is 15.1. The van der Waals surface area contributed by atoms with Crippen molar-refractivity contribution >= 4 is 29.1 Å². The Balaban J connectivity index is 1.77. The van der Waals surface area contributed by atoms with Gasteiger partial charge in [-0.05, 0) is 36.4 Å². The Bertz CT molecular complexity index is 765. The van der Waals surface area contributed by atoms with Gasteiger partial charge in [0.15, 0.2) is 18.1 Å². The van der Waals surface area contributed by atoms with Crippen LogP contribution in [0.25, 0.3) is 0 Å². The van der Waals surface area contributed by atoms with Crippen LogP contribution < -0.4 is 24.8 Å². The Hall–Kier alpha value is -2.93. The van der Waals surface area contributed by atoms with Gasteiger partial charge < -0.3 is 24.8 Å². The Kier molecular flexibility index (Phi) is 7.11. The number of amides is 2. The van der Waals surface area contributed by atoms with Crippen LogP contribution in [0.4, 0.5) is 5.69 Å². The summed E-state index contributed by atoms with van der Waals surface area (Å²) in [7, 11) is 3.03. The molecule has 0 atom stereocenters. The molecular weight excluding hydrogens is 360 g/mol. The summed E-state index contributed by atoms with van der Waals surface area (Å²) >= 11 is 5.77. The number of carbonyl (C=O) groups is 2. The van der Waals surface area contributed by atoms with E-state index in [0.29, 0.717) is 28.0 Å². The Morgan fingerprint density at radius 3 is 2.31 bits per heavy atom. The van der Waals surface area contributed by atoms with Crippen LogP contribution >= 0.6 is 11.6 Å². The lowest BCUT2D eigenvalue weighted by atomic mass is 10.2. The van der Waals surface area contributed by atoms with E-state index in [0.717, 1.165) is 0 Å². The molecule has 0 spiro atoms. The summed E-state index contributed by atoms with van der Waals surface area (Å²) in [6, 6.07) is 11.6. The molecule has 8 heteroatoms. The number of hydrogen-bond donors (Lipinski definition) is 2. The lowest BCUT2D eigenvalue weighted by Gasteiger charge is -2.11. The van der Waals surface area contributed by atoms with Crippen LogP contribution in [0.2, 0.25) is 5.02 Å². The fraction of sp³-hybridized carbons (Fsp3) is 0.222. The molecule has 2 N–H and O–H groups in total. The molecule has 0 saturated heterocycles. The van der Waals surface area contributed by atoms with E-state index in [1.807, 2.05) is 0 Å². The number of benzene rings is 2. The fourth-order valence-corrected chi connectivity index (χ4v) is 2.15. The average molecular weight is 379 g/mol. The van der Waals surface area contributed by atoms with Crippen LogP contribution in [-0.4, -0.2) is 39.2 Å². The number of ether oxygens (including phenoxy) is 3. The summed E-state index contributed by atoms with van der Waals surface area (Å²) in [5.41, 5.74) is 0.527. The van der Waals surface area contributed by atoms with Crippen molar-refractivity contribution in [2.45, 2.75) is 0 Å². The smallest absolute Gasteiger partial charge is 0.258 e. The number of methoxy groups -OCH3 is 2. The Labute approximate surface area is 156 Å². The van der Waals surface area contributed by atoms with Gasteiger partial charge in [-0.3, -0.25) is 9.59 Å². The van der Waals surface area contributed by atoms with Crippen LogP contribution in [0.15, 0.2) is 42.5 Å². The number of nitrogens with one attached hydrogen (secondary N) is 2. The summed E-state index contributed by atoms with van der Waals surface area (Å²) in [6.45, 7) is -0.386. The maximum absolute atomic E-state index is 11.9. The van der Waals surface area contributed by atoms with Gasteiger partial charge in [0.2, 0.25) is 5.91 Å². The largest absolute Gasteiger partial charge is 0.493 e. The highest BCUT2D eigenvalue weighted by Gasteiger charge is 2.09. The number of anilines is 1. The minimum atomic E-state index is -0.414. The van der Waals surface area contributed by atoms with Crippen molar-refractivity contribution < 1.29 is 23.8 Å². The van der Waals surface area contributed by atoms with Gasteiger partial charge in [0.1, 0.15) is 5.75 Å². The lowest BCUT2D eigenvalue weighted by Crippen LogP contribution is -2.35. The lowest BCUT2D eigenvalue weighted by molar-refractivity contribution is -0.125. The van der Waals surface area contributed by atoms with Crippen molar-refractivity contribution in [2.75, 3.05) is 32.7 Å². The predicted octanol–water partition coefficient (Wildman–Crippen LogP) is 2.49. The summed E-state index contributed by atoms with van der Waals surface area (Å²) in [5, 5.41) is 5.71. The van der Waals surface area contributed by atoms with E-state index in [4.69, 9.17) is 25.8 Å². The van der Waals surface area contributed by atoms with Crippen LogP contribution in [-0.2, 0) is 9.59 Å². The van der Waals surface area contributed by atoms with E-state index >= 15 is 0 Å². The van der Waals surface area contributed by atoms with E-state index in [1.165, 1.54) is 14.2 Å². The van der Waals surface area contributed by atoms with Crippen molar-refractivity contribution in [1.29, 1.82) is 0 Å². The van der Waals surface area contributed by atoms with Gasteiger partial charge in [-0.1, -0.05) is 11.6 Å². The first kappa shape index (κ1) is 19.4. The van der Waals surface area contributed by atoms with E-state index in [9.17, 15) is 9.59 Å². The first-order valence-corrected chi connectivity index (χ1v) is 8.06. The molecule has 0 aliphatic rings. The van der Waals surface area contributed by atoms with Crippen LogP contribution in [0, 0.1) is 0 Å². The fourth-order valence-electron chi connectivity index (χ4n) is 2.03. The van der Waals surface area contributed by atoms with E-state index in [2.05, 4.69) is 10.6 Å². The second-order valence-corrected chi connectivity index (χ2v) is 5.57. The van der Waals surface area contributed by atoms with Crippen molar-refractivity contribution in [2.24, 2.45) is 0 Å². The second-order valence-electron chi connectivity index (χ2n) is 5.14. The first-order chi connectivity index (χ1) is 12.5. The van der Waals surface area contributed by atoms with Crippen molar-refractivity contribution in [3.05, 3.63) is 47.5 Å². The summed E-state index contributed by atoms with van der Waals surface area (Å²) in [5.74, 6) is 0.766. The standard InChI is InChI=1S/C18H19ClN2O5/c1-24-15-8-5-13(9-16(15)25-2)21-17(22)10-20-18(23)11-26-14-6-3-12(19)4-7-14/h3-9H,10-11H2,1-2H3,(H,20,23)(H,21,22). The van der Waals surface area contributed by atoms with Crippen LogP contribution in [0.3, 0.4) is 0 Å². The van der Waals surface area contributed by atoms with Crippen molar-refractivity contribution in [3.63, 3.8) is 0 Å². The van der Waals surface area contributed by atoms with Crippen molar-refractivity contribution in [3.8, 4) is 17.2 Å². The van der Waals surface area contributed by atoms with Gasteiger partial charge in [0, 0.05) is 16.8 Å². The highest BCUT2D eigenvalue weighted by atomic mass is 35.5. The Morgan fingerprint density at radius 2 is 1.65 bits per heavy atom. The van der Waals surface area contributed by atoms with Crippen LogP contribution in [0.5, 0.6) is 17.2 Å². The van der Waals surface area contributed by atoms with Gasteiger partial charge >= 0.3 is 0 Å². The molecule has 0 bridgehead atoms. The van der Waals surface area contributed by atoms with E-state index in [-0.39, 0.29) is 19.1 Å². The minimum Gasteiger partial charge on any atom is -0.493 e. The predicted molar refractivity (Wildman–Crippen MR) is 98.1 cm³/mol. The zero-order valence-electron chi connectivity index (χ0n) is 14.4. The summed E-state index contributed by atoms with van der Waals surface area (Å²) in [4.78, 5) is 23.7. The van der Waals surface area contributed by atoms with Crippen LogP contribution in [0.1, 0.15) is 0 Å². The van der Waals surface area contributed by atoms with E-state index in [1.54, 1.807) is 42.5 Å². The molecule has 2 aromatic carbocycles. The highest BCUT2D eigenvalue weighted by molar-refractivity contribution is 6.30. The Morgan fingerprint density at radius 1 is 0.962 bits per heavy atom. The van der Waals surface area contributed by atoms with Gasteiger partial charge in [0.25, 0.3) is 5.91 Å². The molecule has 0 fully saturated rings. The molecule has 2 aromatic rings. The molecule has 0 heterocycles. The SMILES string of the molecule is COc1ccc(NC(=O)CNC(=O)COc2ccc(Cl)cc2)cc1OC. The molecule has 0 unspecified atom stereocenters. The average Bonchev–Trinajstić information content (AvgIpc) is 2.65.